The van der Waals surface area contributed by atoms with Gasteiger partial charge >= 0.3 is 0 Å². The van der Waals surface area contributed by atoms with Crippen molar-refractivity contribution in [2.75, 3.05) is 13.1 Å². The predicted molar refractivity (Wildman–Crippen MR) is 34.3 cm³/mol. The summed E-state index contributed by atoms with van der Waals surface area (Å²) in [6.07, 6.45) is 0. The fourth-order valence-electron chi connectivity index (χ4n) is 0.770. The van der Waals surface area contributed by atoms with E-state index in [2.05, 4.69) is 0 Å². The Morgan fingerprint density at radius 2 is 2.17 bits per heavy atom. The van der Waals surface area contributed by atoms with E-state index >= 15 is 0 Å². The van der Waals surface area contributed by atoms with Crippen LogP contribution in [0.25, 0.3) is 0 Å². The molecule has 1 aliphatic rings. The molecule has 1 saturated heterocycles. The highest BCUT2D eigenvalue weighted by molar-refractivity contribution is 5.79. The smallest absolute Gasteiger partial charge is 0.295 e. The Kier molecular flexibility index (Phi) is 2.28. The van der Waals surface area contributed by atoms with Gasteiger partial charge in [-0.05, 0) is 0 Å². The van der Waals surface area contributed by atoms with Crippen LogP contribution in [-0.2, 0) is 4.79 Å². The van der Waals surface area contributed by atoms with E-state index in [0.29, 0.717) is 5.01 Å². The summed E-state index contributed by atoms with van der Waals surface area (Å²) < 4.78 is 0. The van der Waals surface area contributed by atoms with Crippen molar-refractivity contribution in [1.29, 1.82) is 0 Å². The molecule has 1 heterocycles. The molecule has 0 radical (unpaired) electrons. The number of hydrazine groups is 2. The average Bonchev–Trinajstić information content (AvgIpc) is 2.06. The Morgan fingerprint density at radius 1 is 1.58 bits per heavy atom. The van der Waals surface area contributed by atoms with Gasteiger partial charge < -0.3 is 20.5 Å². The van der Waals surface area contributed by atoms with E-state index in [0.717, 1.165) is 0 Å². The van der Waals surface area contributed by atoms with Crippen LogP contribution >= 0.6 is 0 Å². The maximum absolute atomic E-state index is 10.8. The van der Waals surface area contributed by atoms with Crippen LogP contribution in [-0.4, -0.2) is 50.5 Å². The molecule has 1 aliphatic heterocycles. The van der Waals surface area contributed by atoms with Gasteiger partial charge in [0.2, 0.25) is 0 Å². The lowest BCUT2D eigenvalue weighted by atomic mass is 10.5. The molecule has 0 unspecified atom stereocenters. The van der Waals surface area contributed by atoms with Gasteiger partial charge in [-0.15, -0.1) is 0 Å². The molecule has 12 heavy (non-hydrogen) atoms. The van der Waals surface area contributed by atoms with Gasteiger partial charge in [-0.2, -0.15) is 5.53 Å². The Bertz CT molecular complexity index is 190. The number of hydrogen-bond donors (Lipinski definition) is 4. The van der Waals surface area contributed by atoms with Crippen LogP contribution in [0.2, 0.25) is 0 Å². The lowest BCUT2D eigenvalue weighted by Gasteiger charge is -2.25. The Hall–Kier alpha value is -0.770. The van der Waals surface area contributed by atoms with Crippen molar-refractivity contribution in [3.63, 3.8) is 0 Å². The average molecular weight is 178 g/mol. The molecule has 1 rings (SSSR count). The topological polar surface area (TPSA) is 119 Å². The first-order valence-electron chi connectivity index (χ1n) is 3.07. The monoisotopic (exact) mass is 178 g/mol. The number of aliphatic hydroxyl groups is 3. The molecule has 1 fully saturated rings. The number of carbonyl (C=O) groups is 1. The summed E-state index contributed by atoms with van der Waals surface area (Å²) in [7, 11) is 0. The molecule has 4 N–H and O–H groups in total. The number of carbonyl (C=O) groups excluding carboxylic acids is 1. The second-order valence-corrected chi connectivity index (χ2v) is 2.39. The van der Waals surface area contributed by atoms with E-state index in [4.69, 9.17) is 15.3 Å². The maximum Gasteiger partial charge on any atom is 0.295 e. The van der Waals surface area contributed by atoms with Crippen molar-refractivity contribution in [1.82, 2.24) is 15.7 Å². The minimum Gasteiger partial charge on any atom is -0.770 e. The third-order valence-corrected chi connectivity index (χ3v) is 1.18. The van der Waals surface area contributed by atoms with Crippen molar-refractivity contribution in [3.05, 3.63) is 5.21 Å². The molecule has 1 amide bonds. The van der Waals surface area contributed by atoms with Gasteiger partial charge in [0.25, 0.3) is 11.9 Å². The van der Waals surface area contributed by atoms with Crippen molar-refractivity contribution in [3.8, 4) is 0 Å². The Labute approximate surface area is 67.1 Å². The van der Waals surface area contributed by atoms with E-state index in [9.17, 15) is 10.0 Å². The zero-order valence-corrected chi connectivity index (χ0v) is 5.97. The fourth-order valence-corrected chi connectivity index (χ4v) is 0.770. The second kappa shape index (κ2) is 2.94. The molecule has 8 nitrogen and oxygen atoms in total. The van der Waals surface area contributed by atoms with E-state index in [1.807, 2.05) is 5.53 Å². The van der Waals surface area contributed by atoms with Gasteiger partial charge in [0.05, 0.1) is 6.54 Å². The molecular formula is C4H8N3O5-. The van der Waals surface area contributed by atoms with Gasteiger partial charge in [0.15, 0.2) is 0 Å². The molecule has 0 aromatic carbocycles. The zero-order chi connectivity index (χ0) is 9.35. The van der Waals surface area contributed by atoms with Gasteiger partial charge in [0, 0.05) is 0 Å². The van der Waals surface area contributed by atoms with Gasteiger partial charge in [0.1, 0.15) is 6.54 Å². The third-order valence-electron chi connectivity index (χ3n) is 1.18. The van der Waals surface area contributed by atoms with Crippen LogP contribution < -0.4 is 5.53 Å². The Morgan fingerprint density at radius 3 is 2.50 bits per heavy atom. The van der Waals surface area contributed by atoms with Gasteiger partial charge in [-0.1, -0.05) is 0 Å². The van der Waals surface area contributed by atoms with Crippen LogP contribution in [0.4, 0.5) is 0 Å². The van der Waals surface area contributed by atoms with Crippen molar-refractivity contribution in [2.45, 2.75) is 5.97 Å². The highest BCUT2D eigenvalue weighted by Crippen LogP contribution is 2.02. The fraction of sp³-hybridized carbons (Fsp3) is 0.750. The maximum atomic E-state index is 10.8. The van der Waals surface area contributed by atoms with E-state index < -0.39 is 25.0 Å². The molecule has 0 spiro atoms. The first-order valence-corrected chi connectivity index (χ1v) is 3.07. The summed E-state index contributed by atoms with van der Waals surface area (Å²) >= 11 is 0. The van der Waals surface area contributed by atoms with Crippen LogP contribution in [0.3, 0.4) is 0 Å². The van der Waals surface area contributed by atoms with Crippen molar-refractivity contribution >= 4 is 5.91 Å². The Balaban J connectivity index is 2.49. The van der Waals surface area contributed by atoms with Gasteiger partial charge in [-0.3, -0.25) is 15.0 Å². The highest BCUT2D eigenvalue weighted by atomic mass is 16.7. The van der Waals surface area contributed by atoms with E-state index in [1.165, 1.54) is 0 Å². The summed E-state index contributed by atoms with van der Waals surface area (Å²) in [5.41, 5.74) is 1.94. The van der Waals surface area contributed by atoms with Crippen LogP contribution in [0, 0.1) is 5.21 Å². The summed E-state index contributed by atoms with van der Waals surface area (Å²) in [6.45, 7) is -1.21. The summed E-state index contributed by atoms with van der Waals surface area (Å²) in [5, 5.41) is 36.6. The third kappa shape index (κ3) is 2.37. The lowest BCUT2D eigenvalue weighted by Crippen LogP contribution is -2.48. The standard InChI is InChI=1S/C4H8N3O5/c8-3-1-7(12)5-6(3)2-4(9,10)11/h5,9-11H,1-2H2/q-1. The van der Waals surface area contributed by atoms with E-state index in [-0.39, 0.29) is 5.17 Å². The number of rotatable bonds is 2. The number of hydrogen-bond acceptors (Lipinski definition) is 7. The van der Waals surface area contributed by atoms with Crippen LogP contribution in [0.15, 0.2) is 0 Å². The zero-order valence-electron chi connectivity index (χ0n) is 5.97. The molecule has 0 aliphatic carbocycles. The quantitative estimate of drug-likeness (QED) is 0.326. The number of nitrogens with zero attached hydrogens (tertiary/aromatic N) is 2. The highest BCUT2D eigenvalue weighted by Gasteiger charge is 2.30. The molecule has 0 saturated carbocycles. The first kappa shape index (κ1) is 9.32. The molecular weight excluding hydrogens is 170 g/mol. The van der Waals surface area contributed by atoms with Gasteiger partial charge in [-0.25, -0.2) is 0 Å². The van der Waals surface area contributed by atoms with Crippen LogP contribution in [0.1, 0.15) is 0 Å². The largest absolute Gasteiger partial charge is 0.770 e. The summed E-state index contributed by atoms with van der Waals surface area (Å²) in [5.74, 6) is -3.64. The van der Waals surface area contributed by atoms with E-state index in [1.54, 1.807) is 0 Å². The molecule has 0 bridgehead atoms. The molecule has 0 aromatic heterocycles. The minimum atomic E-state index is -2.99. The molecule has 0 atom stereocenters. The predicted octanol–water partition coefficient (Wildman–Crippen LogP) is -3.32. The number of nitrogens with one attached hydrogen (secondary N) is 1. The number of amides is 1. The van der Waals surface area contributed by atoms with Crippen molar-refractivity contribution < 1.29 is 20.1 Å². The first-order chi connectivity index (χ1) is 5.38. The molecule has 8 heteroatoms. The number of β-amino-alcohol motifs (C(OH)–C–C–N with tert-alkyl or cyclic N) is 3. The number of hydroxylamine groups is 1. The second-order valence-electron chi connectivity index (χ2n) is 2.39. The summed E-state index contributed by atoms with van der Waals surface area (Å²) in [4.78, 5) is 10.8. The summed E-state index contributed by atoms with van der Waals surface area (Å²) in [6, 6.07) is 0. The SMILES string of the molecule is O=C1CN([O-])NN1CC(O)(O)O. The van der Waals surface area contributed by atoms with Crippen LogP contribution in [0.5, 0.6) is 0 Å². The molecule has 70 valence electrons. The lowest BCUT2D eigenvalue weighted by molar-refractivity contribution is -0.318. The normalized spacial score (nSPS) is 20.7. The van der Waals surface area contributed by atoms with Crippen molar-refractivity contribution in [2.24, 2.45) is 0 Å². The molecule has 0 aromatic rings. The minimum absolute atomic E-state index is 0.202.